The van der Waals surface area contributed by atoms with E-state index >= 15 is 0 Å². The fourth-order valence-corrected chi connectivity index (χ4v) is 2.69. The van der Waals surface area contributed by atoms with Crippen molar-refractivity contribution in [2.75, 3.05) is 13.1 Å². The van der Waals surface area contributed by atoms with Crippen LogP contribution in [0.25, 0.3) is 0 Å². The minimum absolute atomic E-state index is 0.539. The Labute approximate surface area is 118 Å². The highest BCUT2D eigenvalue weighted by Crippen LogP contribution is 2.32. The molecule has 1 heterocycles. The lowest BCUT2D eigenvalue weighted by Gasteiger charge is -2.25. The Morgan fingerprint density at radius 3 is 2.53 bits per heavy atom. The quantitative estimate of drug-likeness (QED) is 0.805. The second-order valence-electron chi connectivity index (χ2n) is 4.34. The van der Waals surface area contributed by atoms with Crippen LogP contribution < -0.4 is 5.32 Å². The Bertz CT molecular complexity index is 396. The monoisotopic (exact) mass is 260 g/mol. The summed E-state index contributed by atoms with van der Waals surface area (Å²) in [6, 6.07) is 8.82. The van der Waals surface area contributed by atoms with Gasteiger partial charge in [0, 0.05) is 12.5 Å². The van der Waals surface area contributed by atoms with E-state index in [1.807, 2.05) is 27.7 Å². The number of nitrogens with one attached hydrogen (secondary N) is 1. The molecule has 0 spiro atoms. The number of benzene rings is 1. The molecule has 1 aromatic carbocycles. The second kappa shape index (κ2) is 8.73. The number of amidine groups is 1. The molecule has 19 heavy (non-hydrogen) atoms. The molecule has 0 fully saturated rings. The molecule has 1 aliphatic heterocycles. The molecule has 0 aromatic heterocycles. The number of aryl methyl sites for hydroxylation is 1. The predicted octanol–water partition coefficient (Wildman–Crippen LogP) is 4.16. The maximum atomic E-state index is 4.56. The summed E-state index contributed by atoms with van der Waals surface area (Å²) in [4.78, 5) is 4.56. The molecule has 2 nitrogen and oxygen atoms in total. The molecular weight excluding hydrogens is 232 g/mol. The maximum absolute atomic E-state index is 4.56. The van der Waals surface area contributed by atoms with E-state index in [0.29, 0.717) is 5.92 Å². The molecule has 0 saturated carbocycles. The molecule has 0 amide bonds. The van der Waals surface area contributed by atoms with Crippen LogP contribution in [0.1, 0.15) is 57.6 Å². The van der Waals surface area contributed by atoms with Crippen molar-refractivity contribution in [1.29, 1.82) is 0 Å². The van der Waals surface area contributed by atoms with Crippen LogP contribution in [0.15, 0.2) is 29.3 Å². The van der Waals surface area contributed by atoms with Crippen LogP contribution in [0.3, 0.4) is 0 Å². The maximum Gasteiger partial charge on any atom is 0.104 e. The molecule has 106 valence electrons. The number of aliphatic imine (C=N–C) groups is 1. The fraction of sp³-hybridized carbons (Fsp3) is 0.588. The molecule has 0 bridgehead atoms. The van der Waals surface area contributed by atoms with Crippen molar-refractivity contribution in [1.82, 2.24) is 5.32 Å². The molecule has 1 atom stereocenters. The molecule has 0 radical (unpaired) electrons. The van der Waals surface area contributed by atoms with Crippen LogP contribution in [0, 0.1) is 0 Å². The average Bonchev–Trinajstić information content (AvgIpc) is 3.05. The van der Waals surface area contributed by atoms with E-state index in [1.165, 1.54) is 36.2 Å². The molecule has 1 aromatic rings. The van der Waals surface area contributed by atoms with Crippen LogP contribution >= 0.6 is 0 Å². The number of hydrogen-bond donors (Lipinski definition) is 1. The van der Waals surface area contributed by atoms with Gasteiger partial charge in [0.1, 0.15) is 5.84 Å². The first kappa shape index (κ1) is 15.7. The van der Waals surface area contributed by atoms with Gasteiger partial charge in [-0.25, -0.2) is 0 Å². The van der Waals surface area contributed by atoms with Gasteiger partial charge in [-0.15, -0.1) is 0 Å². The Balaban J connectivity index is 0.000000415. The van der Waals surface area contributed by atoms with E-state index in [-0.39, 0.29) is 0 Å². The van der Waals surface area contributed by atoms with E-state index in [0.717, 1.165) is 13.1 Å². The van der Waals surface area contributed by atoms with Crippen LogP contribution in [0.2, 0.25) is 0 Å². The second-order valence-corrected chi connectivity index (χ2v) is 4.34. The van der Waals surface area contributed by atoms with Crippen LogP contribution in [-0.4, -0.2) is 18.9 Å². The standard InChI is InChI=1S/C13H16N2.2C2H6/c1-2-6-11-10(4-1)5-3-7-12(11)13-14-8-9-15-13;2*1-2/h1-2,4,6,12H,3,5,7-9H2,(H,14,15);2*1-2H3. The van der Waals surface area contributed by atoms with Crippen LogP contribution in [0.4, 0.5) is 0 Å². The number of hydrogen-bond acceptors (Lipinski definition) is 2. The van der Waals surface area contributed by atoms with Gasteiger partial charge in [-0.1, -0.05) is 52.0 Å². The zero-order valence-electron chi connectivity index (χ0n) is 12.9. The average molecular weight is 260 g/mol. The van der Waals surface area contributed by atoms with Crippen molar-refractivity contribution in [3.05, 3.63) is 35.4 Å². The first-order chi connectivity index (χ1) is 9.45. The largest absolute Gasteiger partial charge is 0.371 e. The minimum Gasteiger partial charge on any atom is -0.371 e. The highest BCUT2D eigenvalue weighted by molar-refractivity contribution is 5.90. The summed E-state index contributed by atoms with van der Waals surface area (Å²) < 4.78 is 0. The van der Waals surface area contributed by atoms with Gasteiger partial charge in [-0.3, -0.25) is 4.99 Å². The first-order valence-corrected chi connectivity index (χ1v) is 7.81. The van der Waals surface area contributed by atoms with E-state index < -0.39 is 0 Å². The summed E-state index contributed by atoms with van der Waals surface area (Å²) in [5.74, 6) is 1.76. The summed E-state index contributed by atoms with van der Waals surface area (Å²) in [7, 11) is 0. The van der Waals surface area contributed by atoms with E-state index in [4.69, 9.17) is 0 Å². The molecule has 2 aliphatic rings. The highest BCUT2D eigenvalue weighted by atomic mass is 15.1. The summed E-state index contributed by atoms with van der Waals surface area (Å²) in [5, 5.41) is 3.42. The smallest absolute Gasteiger partial charge is 0.104 e. The topological polar surface area (TPSA) is 24.4 Å². The lowest BCUT2D eigenvalue weighted by molar-refractivity contribution is 0.641. The summed E-state index contributed by atoms with van der Waals surface area (Å²) in [5.41, 5.74) is 3.02. The molecule has 3 rings (SSSR count). The number of fused-ring (bicyclic) bond motifs is 1. The van der Waals surface area contributed by atoms with Crippen molar-refractivity contribution in [3.63, 3.8) is 0 Å². The van der Waals surface area contributed by atoms with Crippen molar-refractivity contribution in [3.8, 4) is 0 Å². The van der Waals surface area contributed by atoms with Gasteiger partial charge in [-0.05, 0) is 30.4 Å². The van der Waals surface area contributed by atoms with Crippen molar-refractivity contribution < 1.29 is 0 Å². The van der Waals surface area contributed by atoms with E-state index in [9.17, 15) is 0 Å². The van der Waals surface area contributed by atoms with Gasteiger partial charge in [0.25, 0.3) is 0 Å². The summed E-state index contributed by atoms with van der Waals surface area (Å²) in [6.45, 7) is 9.97. The number of rotatable bonds is 1. The Morgan fingerprint density at radius 1 is 1.11 bits per heavy atom. The van der Waals surface area contributed by atoms with Gasteiger partial charge in [0.05, 0.1) is 6.54 Å². The first-order valence-electron chi connectivity index (χ1n) is 7.81. The van der Waals surface area contributed by atoms with Crippen LogP contribution in [-0.2, 0) is 6.42 Å². The lowest BCUT2D eigenvalue weighted by Crippen LogP contribution is -2.28. The van der Waals surface area contributed by atoms with Crippen LogP contribution in [0.5, 0.6) is 0 Å². The van der Waals surface area contributed by atoms with Gasteiger partial charge in [0.2, 0.25) is 0 Å². The van der Waals surface area contributed by atoms with E-state index in [2.05, 4.69) is 34.6 Å². The Hall–Kier alpha value is -1.31. The van der Waals surface area contributed by atoms with Gasteiger partial charge >= 0.3 is 0 Å². The SMILES string of the molecule is CC.CC.c1ccc2c(c1)CCCC2C1=NCCN1. The predicted molar refractivity (Wildman–Crippen MR) is 85.1 cm³/mol. The molecule has 2 heteroatoms. The zero-order chi connectivity index (χ0) is 14.1. The van der Waals surface area contributed by atoms with E-state index in [1.54, 1.807) is 0 Å². The molecule has 0 saturated heterocycles. The molecule has 1 aliphatic carbocycles. The van der Waals surface area contributed by atoms with Gasteiger partial charge in [-0.2, -0.15) is 0 Å². The summed E-state index contributed by atoms with van der Waals surface area (Å²) in [6.07, 6.45) is 3.78. The zero-order valence-corrected chi connectivity index (χ0v) is 12.9. The lowest BCUT2D eigenvalue weighted by atomic mass is 9.82. The third kappa shape index (κ3) is 3.82. The fourth-order valence-electron chi connectivity index (χ4n) is 2.69. The van der Waals surface area contributed by atoms with Crippen molar-refractivity contribution in [2.24, 2.45) is 4.99 Å². The number of nitrogens with zero attached hydrogens (tertiary/aromatic N) is 1. The molecule has 1 unspecified atom stereocenters. The van der Waals surface area contributed by atoms with Crippen molar-refractivity contribution >= 4 is 5.84 Å². The Morgan fingerprint density at radius 2 is 1.84 bits per heavy atom. The van der Waals surface area contributed by atoms with Gasteiger partial charge in [0.15, 0.2) is 0 Å². The van der Waals surface area contributed by atoms with Gasteiger partial charge < -0.3 is 5.32 Å². The van der Waals surface area contributed by atoms with Crippen molar-refractivity contribution in [2.45, 2.75) is 52.9 Å². The Kier molecular flexibility index (Phi) is 7.24. The highest BCUT2D eigenvalue weighted by Gasteiger charge is 2.25. The normalized spacial score (nSPS) is 19.8. The minimum atomic E-state index is 0.539. The summed E-state index contributed by atoms with van der Waals surface area (Å²) >= 11 is 0. The third-order valence-corrected chi connectivity index (χ3v) is 3.40. The molecular formula is C17H28N2. The molecule has 1 N–H and O–H groups in total. The third-order valence-electron chi connectivity index (χ3n) is 3.40.